The van der Waals surface area contributed by atoms with E-state index in [-0.39, 0.29) is 40.8 Å². The van der Waals surface area contributed by atoms with Gasteiger partial charge in [-0.1, -0.05) is 31.7 Å². The highest BCUT2D eigenvalue weighted by Gasteiger charge is 2.82. The number of hydrogen-bond donors (Lipinski definition) is 2. The number of aliphatic hydroxyl groups is 2. The molecule has 5 heterocycles. The highest BCUT2D eigenvalue weighted by atomic mass is 79.9. The fourth-order valence-corrected chi connectivity index (χ4v) is 8.98. The average Bonchev–Trinajstić information content (AvgIpc) is 3.06. The predicted molar refractivity (Wildman–Crippen MR) is 105 cm³/mol. The third-order valence-electron chi connectivity index (χ3n) is 9.56. The van der Waals surface area contributed by atoms with Crippen LogP contribution in [0.5, 0.6) is 0 Å². The summed E-state index contributed by atoms with van der Waals surface area (Å²) in [4.78, 5) is 2.44. The van der Waals surface area contributed by atoms with Gasteiger partial charge in [0.25, 0.3) is 0 Å². The Morgan fingerprint density at radius 3 is 2.75 bits per heavy atom. The first-order valence-corrected chi connectivity index (χ1v) is 10.7. The zero-order valence-electron chi connectivity index (χ0n) is 16.7. The van der Waals surface area contributed by atoms with Crippen LogP contribution in [0.15, 0.2) is 36.9 Å². The van der Waals surface area contributed by atoms with E-state index in [1.165, 1.54) is 11.3 Å². The molecule has 7 rings (SSSR count). The SMILES string of the molecule is C=CC[N+]12[C@H](O)[C@@H](CC)C3C[C@H]1[C@@H]1N(C)c4ccccc4C14C[C@H]2C3[C@H]4O.[Br-]. The first-order chi connectivity index (χ1) is 13.0. The fourth-order valence-electron chi connectivity index (χ4n) is 8.98. The number of nitrogens with zero attached hydrogens (tertiary/aromatic N) is 2. The molecule has 1 aliphatic carbocycles. The second-order valence-electron chi connectivity index (χ2n) is 9.83. The van der Waals surface area contributed by atoms with Gasteiger partial charge in [0.2, 0.25) is 0 Å². The second kappa shape index (κ2) is 5.84. The molecule has 152 valence electrons. The van der Waals surface area contributed by atoms with E-state index >= 15 is 0 Å². The van der Waals surface area contributed by atoms with Crippen molar-refractivity contribution in [3.05, 3.63) is 42.5 Å². The van der Waals surface area contributed by atoms with E-state index in [0.717, 1.165) is 30.3 Å². The molecule has 1 spiro atoms. The zero-order valence-corrected chi connectivity index (χ0v) is 18.3. The van der Waals surface area contributed by atoms with Gasteiger partial charge in [0.1, 0.15) is 6.04 Å². The summed E-state index contributed by atoms with van der Waals surface area (Å²) in [7, 11) is 2.21. The second-order valence-corrected chi connectivity index (χ2v) is 9.83. The van der Waals surface area contributed by atoms with Crippen LogP contribution in [0.25, 0.3) is 0 Å². The van der Waals surface area contributed by atoms with E-state index in [4.69, 9.17) is 0 Å². The van der Waals surface area contributed by atoms with Gasteiger partial charge in [0.05, 0.1) is 30.1 Å². The summed E-state index contributed by atoms with van der Waals surface area (Å²) in [5, 5.41) is 23.5. The van der Waals surface area contributed by atoms with E-state index in [1.807, 2.05) is 6.08 Å². The summed E-state index contributed by atoms with van der Waals surface area (Å²) in [5.74, 6) is 1.05. The summed E-state index contributed by atoms with van der Waals surface area (Å²) < 4.78 is 0.755. The molecule has 5 aliphatic heterocycles. The Hall–Kier alpha value is -0.880. The number of quaternary nitrogens is 1. The Labute approximate surface area is 178 Å². The largest absolute Gasteiger partial charge is 1.00 e. The van der Waals surface area contributed by atoms with Gasteiger partial charge in [0.15, 0.2) is 6.23 Å². The van der Waals surface area contributed by atoms with E-state index in [9.17, 15) is 10.2 Å². The molecule has 5 heteroatoms. The third-order valence-corrected chi connectivity index (χ3v) is 9.56. The van der Waals surface area contributed by atoms with Crippen LogP contribution in [0.4, 0.5) is 5.69 Å². The topological polar surface area (TPSA) is 43.7 Å². The molecule has 4 nitrogen and oxygen atoms in total. The van der Waals surface area contributed by atoms with E-state index in [1.54, 1.807) is 0 Å². The fraction of sp³-hybridized carbons (Fsp3) is 0.652. The van der Waals surface area contributed by atoms with Crippen molar-refractivity contribution >= 4 is 5.69 Å². The first kappa shape index (κ1) is 19.1. The summed E-state index contributed by atoms with van der Waals surface area (Å²) in [5.41, 5.74) is 2.47. The van der Waals surface area contributed by atoms with Crippen molar-refractivity contribution < 1.29 is 31.7 Å². The van der Waals surface area contributed by atoms with Crippen molar-refractivity contribution in [3.63, 3.8) is 0 Å². The normalized spacial score (nSPS) is 51.6. The van der Waals surface area contributed by atoms with Crippen molar-refractivity contribution in [1.82, 2.24) is 0 Å². The van der Waals surface area contributed by atoms with Crippen LogP contribution in [0.1, 0.15) is 31.7 Å². The maximum absolute atomic E-state index is 11.9. The summed E-state index contributed by atoms with van der Waals surface area (Å²) >= 11 is 0. The molecular formula is C23H31BrN2O2. The molecule has 0 amide bonds. The van der Waals surface area contributed by atoms with Crippen molar-refractivity contribution in [2.75, 3.05) is 18.5 Å². The van der Waals surface area contributed by atoms with Crippen LogP contribution in [-0.4, -0.2) is 58.7 Å². The van der Waals surface area contributed by atoms with Crippen LogP contribution in [0, 0.1) is 17.8 Å². The number of hydrogen-bond acceptors (Lipinski definition) is 3. The van der Waals surface area contributed by atoms with Crippen molar-refractivity contribution in [3.8, 4) is 0 Å². The Kier molecular flexibility index (Phi) is 3.99. The van der Waals surface area contributed by atoms with Gasteiger partial charge in [-0.2, -0.15) is 0 Å². The number of benzene rings is 1. The Morgan fingerprint density at radius 2 is 2.04 bits per heavy atom. The van der Waals surface area contributed by atoms with E-state index in [0.29, 0.717) is 29.8 Å². The number of anilines is 1. The number of aliphatic hydroxyl groups excluding tert-OH is 2. The summed E-state index contributed by atoms with van der Waals surface area (Å²) in [6.45, 7) is 7.10. The lowest BCUT2D eigenvalue weighted by molar-refractivity contribution is -1.03. The number of likely N-dealkylation sites (N-methyl/N-ethyl adjacent to an activating group) is 1. The van der Waals surface area contributed by atoms with Gasteiger partial charge in [-0.25, -0.2) is 0 Å². The molecule has 4 unspecified atom stereocenters. The molecule has 28 heavy (non-hydrogen) atoms. The lowest BCUT2D eigenvalue weighted by Gasteiger charge is -2.67. The molecular weight excluding hydrogens is 416 g/mol. The number of para-hydroxylation sites is 1. The maximum Gasteiger partial charge on any atom is 0.194 e. The van der Waals surface area contributed by atoms with Crippen LogP contribution >= 0.6 is 0 Å². The molecule has 1 aromatic carbocycles. The Balaban J connectivity index is 0.00000171. The molecule has 10 atom stereocenters. The number of rotatable bonds is 3. The molecule has 5 bridgehead atoms. The van der Waals surface area contributed by atoms with Crippen molar-refractivity contribution in [2.45, 2.75) is 62.1 Å². The lowest BCUT2D eigenvalue weighted by atomic mass is 9.60. The number of piperidine rings is 4. The molecule has 6 aliphatic rings. The predicted octanol–water partition coefficient (Wildman–Crippen LogP) is -0.741. The van der Waals surface area contributed by atoms with Crippen molar-refractivity contribution in [2.24, 2.45) is 17.8 Å². The standard InChI is InChI=1S/C23H31N2O2.BrH/c1-4-10-25-17-11-14(13(5-2)22(25)27)19-18(25)12-23(21(19)26)15-8-6-7-9-16(15)24(3)20(17)23;/h4,6-9,13-14,17-22,26-27H,1,5,10-12H2,2-3H3;1H/q+1;/p-1/t13-,14?,17-,18-,19?,20-,21+,22+,23?,25?;/m0./s1. The number of halogens is 1. The highest BCUT2D eigenvalue weighted by molar-refractivity contribution is 5.66. The first-order valence-electron chi connectivity index (χ1n) is 10.7. The minimum atomic E-state index is -0.321. The van der Waals surface area contributed by atoms with Crippen LogP contribution in [0.2, 0.25) is 0 Å². The van der Waals surface area contributed by atoms with E-state index < -0.39 is 0 Å². The maximum atomic E-state index is 11.9. The Bertz CT molecular complexity index is 833. The van der Waals surface area contributed by atoms with Crippen LogP contribution < -0.4 is 21.9 Å². The van der Waals surface area contributed by atoms with Crippen molar-refractivity contribution in [1.29, 1.82) is 0 Å². The molecule has 0 aromatic heterocycles. The summed E-state index contributed by atoms with van der Waals surface area (Å²) in [6.07, 6.45) is 4.52. The third kappa shape index (κ3) is 1.69. The zero-order chi connectivity index (χ0) is 18.7. The van der Waals surface area contributed by atoms with Crippen LogP contribution in [0.3, 0.4) is 0 Å². The van der Waals surface area contributed by atoms with Gasteiger partial charge < -0.3 is 32.1 Å². The van der Waals surface area contributed by atoms with Crippen LogP contribution in [-0.2, 0) is 5.41 Å². The minimum absolute atomic E-state index is 0. The highest BCUT2D eigenvalue weighted by Crippen LogP contribution is 2.71. The van der Waals surface area contributed by atoms with Gasteiger partial charge in [-0.3, -0.25) is 4.48 Å². The monoisotopic (exact) mass is 446 g/mol. The molecule has 2 N–H and O–H groups in total. The molecule has 5 fully saturated rings. The molecule has 1 aromatic rings. The van der Waals surface area contributed by atoms with E-state index in [2.05, 4.69) is 49.7 Å². The molecule has 0 radical (unpaired) electrons. The number of fused-ring (bicyclic) bond motifs is 2. The molecule has 4 saturated heterocycles. The minimum Gasteiger partial charge on any atom is -1.00 e. The lowest BCUT2D eigenvalue weighted by Crippen LogP contribution is -3.00. The van der Waals surface area contributed by atoms with Gasteiger partial charge >= 0.3 is 0 Å². The Morgan fingerprint density at radius 1 is 1.29 bits per heavy atom. The van der Waals surface area contributed by atoms with Gasteiger partial charge in [0, 0.05) is 37.4 Å². The average molecular weight is 447 g/mol. The quantitative estimate of drug-likeness (QED) is 0.474. The molecule has 1 saturated carbocycles. The van der Waals surface area contributed by atoms with Gasteiger partial charge in [-0.05, 0) is 30.0 Å². The smallest absolute Gasteiger partial charge is 0.194 e. The summed E-state index contributed by atoms with van der Waals surface area (Å²) in [6, 6.07) is 9.71. The van der Waals surface area contributed by atoms with Gasteiger partial charge in [-0.15, -0.1) is 0 Å².